The first-order valence-electron chi connectivity index (χ1n) is 10.5. The van der Waals surface area contributed by atoms with Crippen molar-refractivity contribution < 1.29 is 18.4 Å². The maximum absolute atomic E-state index is 12.3. The van der Waals surface area contributed by atoms with Crippen LogP contribution in [0.4, 0.5) is 10.5 Å². The largest absolute Gasteiger partial charge is 0.755 e. The van der Waals surface area contributed by atoms with Crippen molar-refractivity contribution in [2.75, 3.05) is 31.0 Å². The summed E-state index contributed by atoms with van der Waals surface area (Å²) in [5, 5.41) is 8.85. The van der Waals surface area contributed by atoms with Gasteiger partial charge in [-0.25, -0.2) is 4.79 Å². The van der Waals surface area contributed by atoms with Crippen LogP contribution < -0.4 is 20.3 Å². The van der Waals surface area contributed by atoms with Crippen LogP contribution in [-0.2, 0) is 17.7 Å². The van der Waals surface area contributed by atoms with Gasteiger partial charge in [0.25, 0.3) is 5.91 Å². The van der Waals surface area contributed by atoms with E-state index in [1.54, 1.807) is 49.5 Å². The van der Waals surface area contributed by atoms with Crippen LogP contribution in [-0.4, -0.2) is 47.4 Å². The molecule has 0 heterocycles. The van der Waals surface area contributed by atoms with Gasteiger partial charge in [0.1, 0.15) is 0 Å². The highest BCUT2D eigenvalue weighted by Crippen LogP contribution is 2.26. The van der Waals surface area contributed by atoms with E-state index in [0.717, 1.165) is 24.8 Å². The minimum atomic E-state index is -2.49. The molecule has 0 aliphatic carbocycles. The average molecular weight is 514 g/mol. The van der Waals surface area contributed by atoms with E-state index >= 15 is 0 Å². The number of nitrogens with one attached hydrogen (secondary N) is 3. The normalized spacial score (nSPS) is 11.5. The fourth-order valence-electron chi connectivity index (χ4n) is 3.05. The van der Waals surface area contributed by atoms with Gasteiger partial charge in [-0.1, -0.05) is 35.3 Å². The minimum Gasteiger partial charge on any atom is -0.755 e. The van der Waals surface area contributed by atoms with Gasteiger partial charge in [0.05, 0.1) is 10.0 Å². The predicted octanol–water partition coefficient (Wildman–Crippen LogP) is 3.67. The third-order valence-corrected chi connectivity index (χ3v) is 6.48. The molecule has 0 spiro atoms. The lowest BCUT2D eigenvalue weighted by molar-refractivity contribution is 0.0953. The maximum Gasteiger partial charge on any atom is 0.314 e. The van der Waals surface area contributed by atoms with Gasteiger partial charge in [-0.05, 0) is 61.6 Å². The number of anilines is 1. The van der Waals surface area contributed by atoms with Gasteiger partial charge in [0.15, 0.2) is 0 Å². The lowest BCUT2D eigenvalue weighted by Crippen LogP contribution is -2.33. The van der Waals surface area contributed by atoms with Gasteiger partial charge < -0.3 is 24.8 Å². The van der Waals surface area contributed by atoms with E-state index in [0.29, 0.717) is 40.8 Å². The molecule has 1 unspecified atom stereocenters. The molecule has 0 aliphatic heterocycles. The van der Waals surface area contributed by atoms with Crippen LogP contribution in [0.15, 0.2) is 42.5 Å². The molecule has 0 aromatic heterocycles. The molecular formula is C22H27Cl2N4O4S-. The van der Waals surface area contributed by atoms with Crippen molar-refractivity contribution in [3.8, 4) is 0 Å². The molecule has 2 aromatic rings. The summed E-state index contributed by atoms with van der Waals surface area (Å²) in [6.07, 6.45) is 2.85. The van der Waals surface area contributed by atoms with Crippen molar-refractivity contribution in [2.24, 2.45) is 0 Å². The molecule has 180 valence electrons. The summed E-state index contributed by atoms with van der Waals surface area (Å²) < 4.78 is 24.7. The molecule has 8 nitrogen and oxygen atoms in total. The smallest absolute Gasteiger partial charge is 0.314 e. The number of benzene rings is 2. The Balaban J connectivity index is 1.83. The zero-order chi connectivity index (χ0) is 24.2. The Bertz CT molecular complexity index is 960. The van der Waals surface area contributed by atoms with Gasteiger partial charge in [-0.3, -0.25) is 9.00 Å². The topological polar surface area (TPSA) is 114 Å². The summed E-state index contributed by atoms with van der Waals surface area (Å²) >= 11 is 9.71. The molecule has 1 atom stereocenters. The van der Waals surface area contributed by atoms with Gasteiger partial charge in [0.2, 0.25) is 0 Å². The van der Waals surface area contributed by atoms with Crippen LogP contribution in [0.3, 0.4) is 0 Å². The number of hydrogen-bond acceptors (Lipinski definition) is 4. The first kappa shape index (κ1) is 26.9. The summed E-state index contributed by atoms with van der Waals surface area (Å²) in [5.74, 6) is -0.231. The van der Waals surface area contributed by atoms with E-state index in [1.165, 1.54) is 4.31 Å². The van der Waals surface area contributed by atoms with E-state index in [-0.39, 0.29) is 18.5 Å². The van der Waals surface area contributed by atoms with E-state index < -0.39 is 11.3 Å². The van der Waals surface area contributed by atoms with E-state index in [4.69, 9.17) is 23.2 Å². The molecule has 2 rings (SSSR count). The van der Waals surface area contributed by atoms with Gasteiger partial charge in [0, 0.05) is 49.2 Å². The third-order valence-electron chi connectivity index (χ3n) is 4.86. The second-order valence-corrected chi connectivity index (χ2v) is 8.81. The predicted molar refractivity (Wildman–Crippen MR) is 132 cm³/mol. The Morgan fingerprint density at radius 2 is 1.67 bits per heavy atom. The van der Waals surface area contributed by atoms with Crippen molar-refractivity contribution in [2.45, 2.75) is 25.7 Å². The Hall–Kier alpha value is -2.33. The number of carbonyl (C=O) groups excluding carboxylic acids is 2. The highest BCUT2D eigenvalue weighted by Gasteiger charge is 2.12. The van der Waals surface area contributed by atoms with E-state index in [9.17, 15) is 18.4 Å². The molecule has 0 radical (unpaired) electrons. The molecule has 33 heavy (non-hydrogen) atoms. The number of amides is 3. The highest BCUT2D eigenvalue weighted by molar-refractivity contribution is 7.80. The minimum absolute atomic E-state index is 0.177. The Kier molecular flexibility index (Phi) is 11.5. The summed E-state index contributed by atoms with van der Waals surface area (Å²) in [6, 6.07) is 11.4. The molecule has 3 amide bonds. The van der Waals surface area contributed by atoms with Crippen molar-refractivity contribution in [1.82, 2.24) is 16.0 Å². The Labute approximate surface area is 206 Å². The molecular weight excluding hydrogens is 487 g/mol. The molecule has 0 fully saturated rings. The second kappa shape index (κ2) is 14.0. The van der Waals surface area contributed by atoms with Crippen LogP contribution in [0.2, 0.25) is 10.0 Å². The standard InChI is InChI=1S/C22H28Cl2N4O4S/c1-25-22(30)27-14-4-2-3-13-26-21(29)17-8-10-18(11-9-17)28(33(31)32)15-12-16-6-5-7-19(23)20(16)24/h5-11H,2-4,12-15H2,1H3,(H,26,29)(H,31,32)(H2,25,27,30)/p-1. The van der Waals surface area contributed by atoms with Crippen LogP contribution in [0.1, 0.15) is 35.2 Å². The van der Waals surface area contributed by atoms with Crippen LogP contribution in [0.25, 0.3) is 0 Å². The number of halogens is 2. The zero-order valence-corrected chi connectivity index (χ0v) is 20.6. The summed E-state index contributed by atoms with van der Waals surface area (Å²) in [6.45, 7) is 1.27. The Morgan fingerprint density at radius 1 is 1.00 bits per heavy atom. The molecule has 11 heteroatoms. The summed E-state index contributed by atoms with van der Waals surface area (Å²) in [4.78, 5) is 23.4. The van der Waals surface area contributed by atoms with Crippen molar-refractivity contribution >= 4 is 52.1 Å². The van der Waals surface area contributed by atoms with Crippen molar-refractivity contribution in [3.05, 3.63) is 63.6 Å². The van der Waals surface area contributed by atoms with Crippen LogP contribution >= 0.6 is 23.2 Å². The number of hydrogen-bond donors (Lipinski definition) is 3. The molecule has 2 aromatic carbocycles. The summed E-state index contributed by atoms with van der Waals surface area (Å²) in [5.41, 5.74) is 1.64. The lowest BCUT2D eigenvalue weighted by Gasteiger charge is -2.26. The maximum atomic E-state index is 12.3. The number of rotatable bonds is 12. The van der Waals surface area contributed by atoms with Crippen LogP contribution in [0.5, 0.6) is 0 Å². The molecule has 0 bridgehead atoms. The third kappa shape index (κ3) is 8.85. The van der Waals surface area contributed by atoms with E-state index in [2.05, 4.69) is 16.0 Å². The molecule has 3 N–H and O–H groups in total. The highest BCUT2D eigenvalue weighted by atomic mass is 35.5. The molecule has 0 saturated carbocycles. The van der Waals surface area contributed by atoms with E-state index in [1.807, 2.05) is 0 Å². The van der Waals surface area contributed by atoms with Crippen molar-refractivity contribution in [1.29, 1.82) is 0 Å². The lowest BCUT2D eigenvalue weighted by atomic mass is 10.1. The van der Waals surface area contributed by atoms with Gasteiger partial charge in [-0.15, -0.1) is 0 Å². The first-order chi connectivity index (χ1) is 15.8. The number of unbranched alkanes of at least 4 members (excludes halogenated alkanes) is 2. The molecule has 0 saturated heterocycles. The number of urea groups is 1. The fourth-order valence-corrected chi connectivity index (χ4v) is 4.00. The van der Waals surface area contributed by atoms with Crippen molar-refractivity contribution in [3.63, 3.8) is 0 Å². The van der Waals surface area contributed by atoms with Gasteiger partial charge in [-0.2, -0.15) is 0 Å². The Morgan fingerprint density at radius 3 is 2.30 bits per heavy atom. The number of carbonyl (C=O) groups is 2. The van der Waals surface area contributed by atoms with Crippen LogP contribution in [0, 0.1) is 0 Å². The fraction of sp³-hybridized carbons (Fsp3) is 0.364. The monoisotopic (exact) mass is 513 g/mol. The SMILES string of the molecule is CNC(=O)NCCCCCNC(=O)c1ccc(N(CCc2cccc(Cl)c2Cl)S(=O)[O-])cc1. The second-order valence-electron chi connectivity index (χ2n) is 7.15. The van der Waals surface area contributed by atoms with Gasteiger partial charge >= 0.3 is 6.03 Å². The average Bonchev–Trinajstić information content (AvgIpc) is 2.81. The number of nitrogens with zero attached hydrogens (tertiary/aromatic N) is 1. The molecule has 0 aliphatic rings. The quantitative estimate of drug-likeness (QED) is 0.296. The zero-order valence-electron chi connectivity index (χ0n) is 18.2. The first-order valence-corrected chi connectivity index (χ1v) is 12.3. The summed E-state index contributed by atoms with van der Waals surface area (Å²) in [7, 11) is 1.56.